The number of nitrogens with zero attached hydrogens (tertiary/aromatic N) is 1. The van der Waals surface area contributed by atoms with Crippen molar-refractivity contribution in [1.82, 2.24) is 4.90 Å². The van der Waals surface area contributed by atoms with Crippen LogP contribution in [0.15, 0.2) is 78.9 Å². The van der Waals surface area contributed by atoms with Crippen LogP contribution >= 0.6 is 0 Å². The van der Waals surface area contributed by atoms with Crippen molar-refractivity contribution in [3.8, 4) is 11.5 Å². The van der Waals surface area contributed by atoms with E-state index in [1.165, 1.54) is 12.1 Å². The smallest absolute Gasteiger partial charge is 0.123 e. The Morgan fingerprint density at radius 3 is 2.21 bits per heavy atom. The van der Waals surface area contributed by atoms with E-state index >= 15 is 0 Å². The Morgan fingerprint density at radius 1 is 0.862 bits per heavy atom. The molecule has 0 aliphatic heterocycles. The summed E-state index contributed by atoms with van der Waals surface area (Å²) in [4.78, 5) is 2.09. The highest BCUT2D eigenvalue weighted by Crippen LogP contribution is 2.17. The van der Waals surface area contributed by atoms with Gasteiger partial charge in [-0.3, -0.25) is 4.90 Å². The van der Waals surface area contributed by atoms with Crippen LogP contribution in [0.4, 0.5) is 4.39 Å². The maximum Gasteiger partial charge on any atom is 0.123 e. The Balaban J connectivity index is 1.61. The van der Waals surface area contributed by atoms with Crippen molar-refractivity contribution in [1.29, 1.82) is 0 Å². The van der Waals surface area contributed by atoms with Gasteiger partial charge >= 0.3 is 0 Å². The van der Waals surface area contributed by atoms with Gasteiger partial charge < -0.3 is 14.6 Å². The minimum absolute atomic E-state index is 0.167. The molecule has 3 aromatic rings. The van der Waals surface area contributed by atoms with Crippen LogP contribution in [0.2, 0.25) is 0 Å². The van der Waals surface area contributed by atoms with E-state index in [1.807, 2.05) is 48.5 Å². The summed E-state index contributed by atoms with van der Waals surface area (Å²) < 4.78 is 24.4. The van der Waals surface area contributed by atoms with Crippen molar-refractivity contribution >= 4 is 0 Å². The van der Waals surface area contributed by atoms with Crippen molar-refractivity contribution in [2.24, 2.45) is 0 Å². The summed E-state index contributed by atoms with van der Waals surface area (Å²) in [5.74, 6) is 1.16. The molecule has 152 valence electrons. The van der Waals surface area contributed by atoms with Crippen LogP contribution in [0.5, 0.6) is 11.5 Å². The van der Waals surface area contributed by atoms with Gasteiger partial charge in [-0.1, -0.05) is 42.5 Å². The molecule has 1 atom stereocenters. The minimum Gasteiger partial charge on any atom is -0.497 e. The molecule has 0 saturated carbocycles. The molecule has 0 aromatic heterocycles. The molecule has 0 bridgehead atoms. The Labute approximate surface area is 171 Å². The summed E-state index contributed by atoms with van der Waals surface area (Å²) in [6.45, 7) is 1.76. The van der Waals surface area contributed by atoms with Crippen molar-refractivity contribution < 1.29 is 19.0 Å². The summed E-state index contributed by atoms with van der Waals surface area (Å²) in [5, 5.41) is 10.5. The fraction of sp³-hybridized carbons (Fsp3) is 0.250. The SMILES string of the molecule is COc1ccc(OC[C@H](O)CN(Cc2ccccc2)Cc2cccc(F)c2)cc1. The maximum atomic E-state index is 13.6. The van der Waals surface area contributed by atoms with Crippen molar-refractivity contribution in [2.45, 2.75) is 19.2 Å². The highest BCUT2D eigenvalue weighted by atomic mass is 19.1. The summed E-state index contributed by atoms with van der Waals surface area (Å²) in [5.41, 5.74) is 2.00. The first-order chi connectivity index (χ1) is 14.1. The third kappa shape index (κ3) is 6.89. The number of halogens is 1. The third-order valence-corrected chi connectivity index (χ3v) is 4.51. The van der Waals surface area contributed by atoms with Crippen LogP contribution in [-0.2, 0) is 13.1 Å². The highest BCUT2D eigenvalue weighted by Gasteiger charge is 2.14. The van der Waals surface area contributed by atoms with Gasteiger partial charge in [-0.15, -0.1) is 0 Å². The Morgan fingerprint density at radius 2 is 1.52 bits per heavy atom. The van der Waals surface area contributed by atoms with Gasteiger partial charge in [-0.05, 0) is 47.5 Å². The van der Waals surface area contributed by atoms with Crippen LogP contribution in [0.3, 0.4) is 0 Å². The van der Waals surface area contributed by atoms with Gasteiger partial charge in [0.05, 0.1) is 7.11 Å². The summed E-state index contributed by atoms with van der Waals surface area (Å²) in [6, 6.07) is 23.8. The first-order valence-electron chi connectivity index (χ1n) is 9.58. The number of benzene rings is 3. The Hall–Kier alpha value is -2.89. The van der Waals surface area contributed by atoms with Crippen molar-refractivity contribution in [2.75, 3.05) is 20.3 Å². The zero-order chi connectivity index (χ0) is 20.5. The predicted octanol–water partition coefficient (Wildman–Crippen LogP) is 4.28. The van der Waals surface area contributed by atoms with E-state index in [-0.39, 0.29) is 12.4 Å². The number of hydrogen-bond donors (Lipinski definition) is 1. The zero-order valence-corrected chi connectivity index (χ0v) is 16.5. The van der Waals surface area contributed by atoms with Crippen molar-refractivity contribution in [3.05, 3.63) is 95.8 Å². The van der Waals surface area contributed by atoms with E-state index in [9.17, 15) is 9.50 Å². The van der Waals surface area contributed by atoms with E-state index in [0.29, 0.717) is 25.4 Å². The molecule has 0 saturated heterocycles. The molecule has 0 unspecified atom stereocenters. The first-order valence-corrected chi connectivity index (χ1v) is 9.58. The average Bonchev–Trinajstić information content (AvgIpc) is 2.73. The molecule has 29 heavy (non-hydrogen) atoms. The lowest BCUT2D eigenvalue weighted by atomic mass is 10.1. The summed E-state index contributed by atoms with van der Waals surface area (Å²) in [7, 11) is 1.61. The fourth-order valence-electron chi connectivity index (χ4n) is 3.14. The maximum absolute atomic E-state index is 13.6. The lowest BCUT2D eigenvalue weighted by Gasteiger charge is -2.25. The lowest BCUT2D eigenvalue weighted by Crippen LogP contribution is -2.35. The van der Waals surface area contributed by atoms with Gasteiger partial charge in [0.15, 0.2) is 0 Å². The molecular weight excluding hydrogens is 369 g/mol. The van der Waals surface area contributed by atoms with E-state index < -0.39 is 6.10 Å². The highest BCUT2D eigenvalue weighted by molar-refractivity contribution is 5.31. The molecule has 3 aromatic carbocycles. The number of rotatable bonds is 10. The fourth-order valence-corrected chi connectivity index (χ4v) is 3.14. The molecule has 0 aliphatic rings. The molecule has 0 heterocycles. The van der Waals surface area contributed by atoms with Crippen LogP contribution in [0.25, 0.3) is 0 Å². The average molecular weight is 395 g/mol. The Bertz CT molecular complexity index is 871. The lowest BCUT2D eigenvalue weighted by molar-refractivity contribution is 0.0628. The first kappa shape index (κ1) is 20.8. The van der Waals surface area contributed by atoms with Crippen LogP contribution in [0, 0.1) is 5.82 Å². The molecule has 5 heteroatoms. The number of ether oxygens (including phenoxy) is 2. The van der Waals surface area contributed by atoms with Gasteiger partial charge in [-0.2, -0.15) is 0 Å². The van der Waals surface area contributed by atoms with Crippen LogP contribution in [-0.4, -0.2) is 36.4 Å². The minimum atomic E-state index is -0.686. The molecule has 1 N–H and O–H groups in total. The quantitative estimate of drug-likeness (QED) is 0.557. The second-order valence-corrected chi connectivity index (χ2v) is 6.93. The summed E-state index contributed by atoms with van der Waals surface area (Å²) >= 11 is 0. The van der Waals surface area contributed by atoms with Gasteiger partial charge in [-0.25, -0.2) is 4.39 Å². The van der Waals surface area contributed by atoms with Crippen molar-refractivity contribution in [3.63, 3.8) is 0 Å². The number of hydrogen-bond acceptors (Lipinski definition) is 4. The molecular formula is C24H26FNO3. The van der Waals surface area contributed by atoms with Gasteiger partial charge in [0.1, 0.15) is 30.0 Å². The second-order valence-electron chi connectivity index (χ2n) is 6.93. The molecule has 4 nitrogen and oxygen atoms in total. The molecule has 0 aliphatic carbocycles. The third-order valence-electron chi connectivity index (χ3n) is 4.51. The largest absolute Gasteiger partial charge is 0.497 e. The van der Waals surface area contributed by atoms with E-state index in [2.05, 4.69) is 4.90 Å². The number of methoxy groups -OCH3 is 1. The molecule has 0 fully saturated rings. The monoisotopic (exact) mass is 395 g/mol. The molecule has 0 radical (unpaired) electrons. The predicted molar refractivity (Wildman–Crippen MR) is 111 cm³/mol. The Kier molecular flexibility index (Phi) is 7.61. The normalized spacial score (nSPS) is 12.0. The topological polar surface area (TPSA) is 41.9 Å². The molecule has 3 rings (SSSR count). The van der Waals surface area contributed by atoms with Gasteiger partial charge in [0.2, 0.25) is 0 Å². The van der Waals surface area contributed by atoms with Gasteiger partial charge in [0, 0.05) is 19.6 Å². The number of aliphatic hydroxyl groups is 1. The van der Waals surface area contributed by atoms with Crippen LogP contribution < -0.4 is 9.47 Å². The van der Waals surface area contributed by atoms with Gasteiger partial charge in [0.25, 0.3) is 0 Å². The van der Waals surface area contributed by atoms with Crippen LogP contribution in [0.1, 0.15) is 11.1 Å². The van der Waals surface area contributed by atoms with E-state index in [4.69, 9.17) is 9.47 Å². The summed E-state index contributed by atoms with van der Waals surface area (Å²) in [6.07, 6.45) is -0.686. The standard InChI is InChI=1S/C24H26FNO3/c1-28-23-10-12-24(13-11-23)29-18-22(27)17-26(15-19-6-3-2-4-7-19)16-20-8-5-9-21(25)14-20/h2-14,22,27H,15-18H2,1H3/t22-/m1/s1. The zero-order valence-electron chi connectivity index (χ0n) is 16.5. The van der Waals surface area contributed by atoms with E-state index in [0.717, 1.165) is 16.9 Å². The van der Waals surface area contributed by atoms with E-state index in [1.54, 1.807) is 25.3 Å². The molecule has 0 spiro atoms. The second kappa shape index (κ2) is 10.6. The molecule has 0 amide bonds. The number of aliphatic hydroxyl groups excluding tert-OH is 1.